The molecule has 0 saturated carbocycles. The number of hydrogen-bond acceptors (Lipinski definition) is 3. The molecular weight excluding hydrogens is 216 g/mol. The molecule has 3 nitrogen and oxygen atoms in total. The highest BCUT2D eigenvalue weighted by atomic mass is 16.5. The summed E-state index contributed by atoms with van der Waals surface area (Å²) in [5, 5.41) is 20.0. The summed E-state index contributed by atoms with van der Waals surface area (Å²) in [7, 11) is 1.61. The van der Waals surface area contributed by atoms with Gasteiger partial charge in [0, 0.05) is 0 Å². The third-order valence-electron chi connectivity index (χ3n) is 2.94. The van der Waals surface area contributed by atoms with Gasteiger partial charge < -0.3 is 14.9 Å². The Morgan fingerprint density at radius 2 is 1.53 bits per heavy atom. The van der Waals surface area contributed by atoms with Crippen molar-refractivity contribution in [1.29, 1.82) is 0 Å². The van der Waals surface area contributed by atoms with Gasteiger partial charge >= 0.3 is 0 Å². The average molecular weight is 238 g/mol. The Morgan fingerprint density at radius 1 is 1.00 bits per heavy atom. The molecule has 96 valence electrons. The Morgan fingerprint density at radius 3 is 1.94 bits per heavy atom. The first-order chi connectivity index (χ1) is 7.74. The van der Waals surface area contributed by atoms with Crippen LogP contribution in [0.2, 0.25) is 0 Å². The minimum Gasteiger partial charge on any atom is -0.497 e. The van der Waals surface area contributed by atoms with Crippen LogP contribution in [0, 0.1) is 0 Å². The largest absolute Gasteiger partial charge is 0.497 e. The highest BCUT2D eigenvalue weighted by Gasteiger charge is 2.26. The number of aliphatic hydroxyl groups is 2. The van der Waals surface area contributed by atoms with Crippen molar-refractivity contribution in [3.05, 3.63) is 29.8 Å². The zero-order chi connectivity index (χ0) is 13.1. The van der Waals surface area contributed by atoms with E-state index in [-0.39, 0.29) is 0 Å². The van der Waals surface area contributed by atoms with Crippen molar-refractivity contribution in [3.63, 3.8) is 0 Å². The summed E-state index contributed by atoms with van der Waals surface area (Å²) in [6, 6.07) is 7.36. The van der Waals surface area contributed by atoms with Crippen LogP contribution in [-0.2, 0) is 5.60 Å². The average Bonchev–Trinajstić information content (AvgIpc) is 2.26. The summed E-state index contributed by atoms with van der Waals surface area (Å²) in [6.07, 6.45) is 1.06. The van der Waals surface area contributed by atoms with E-state index in [0.717, 1.165) is 11.3 Å². The number of rotatable bonds is 5. The minimum atomic E-state index is -0.924. The normalized spacial score (nSPS) is 15.4. The van der Waals surface area contributed by atoms with Gasteiger partial charge in [-0.15, -0.1) is 0 Å². The Bertz CT molecular complexity index is 347. The van der Waals surface area contributed by atoms with Crippen LogP contribution in [0.1, 0.15) is 39.2 Å². The molecule has 1 aromatic rings. The number of methoxy groups -OCH3 is 1. The van der Waals surface area contributed by atoms with E-state index in [4.69, 9.17) is 4.74 Å². The summed E-state index contributed by atoms with van der Waals surface area (Å²) < 4.78 is 5.07. The van der Waals surface area contributed by atoms with E-state index in [1.54, 1.807) is 27.9 Å². The zero-order valence-electron chi connectivity index (χ0n) is 11.0. The smallest absolute Gasteiger partial charge is 0.118 e. The van der Waals surface area contributed by atoms with Crippen molar-refractivity contribution in [1.82, 2.24) is 0 Å². The lowest BCUT2D eigenvalue weighted by molar-refractivity contribution is 0.00345. The molecular formula is C14H22O3. The number of ether oxygens (including phenoxy) is 1. The molecule has 0 amide bonds. The Labute approximate surface area is 103 Å². The minimum absolute atomic E-state index is 0.517. The molecule has 17 heavy (non-hydrogen) atoms. The second-order valence-electron chi connectivity index (χ2n) is 5.31. The topological polar surface area (TPSA) is 49.7 Å². The summed E-state index contributed by atoms with van der Waals surface area (Å²) in [6.45, 7) is 5.26. The van der Waals surface area contributed by atoms with E-state index in [1.165, 1.54) is 0 Å². The summed E-state index contributed by atoms with van der Waals surface area (Å²) in [4.78, 5) is 0. The zero-order valence-corrected chi connectivity index (χ0v) is 11.0. The third-order valence-corrected chi connectivity index (χ3v) is 2.94. The van der Waals surface area contributed by atoms with Crippen molar-refractivity contribution in [2.45, 2.75) is 44.8 Å². The van der Waals surface area contributed by atoms with Gasteiger partial charge in [-0.25, -0.2) is 0 Å². The second-order valence-corrected chi connectivity index (χ2v) is 5.31. The van der Waals surface area contributed by atoms with Crippen molar-refractivity contribution in [3.8, 4) is 5.75 Å². The fraction of sp³-hybridized carbons (Fsp3) is 0.571. The lowest BCUT2D eigenvalue weighted by atomic mass is 9.87. The van der Waals surface area contributed by atoms with Crippen LogP contribution >= 0.6 is 0 Å². The van der Waals surface area contributed by atoms with Crippen molar-refractivity contribution >= 4 is 0 Å². The van der Waals surface area contributed by atoms with Crippen molar-refractivity contribution in [2.24, 2.45) is 0 Å². The number of hydrogen-bond donors (Lipinski definition) is 2. The quantitative estimate of drug-likeness (QED) is 0.828. The van der Waals surface area contributed by atoms with E-state index in [1.807, 2.05) is 24.3 Å². The molecule has 0 radical (unpaired) electrons. The summed E-state index contributed by atoms with van der Waals surface area (Å²) in [5.41, 5.74) is -0.842. The second kappa shape index (κ2) is 5.07. The lowest BCUT2D eigenvalue weighted by Crippen LogP contribution is -2.27. The van der Waals surface area contributed by atoms with Crippen molar-refractivity contribution in [2.75, 3.05) is 7.11 Å². The van der Waals surface area contributed by atoms with E-state index >= 15 is 0 Å². The van der Waals surface area contributed by atoms with Gasteiger partial charge in [-0.05, 0) is 51.3 Å². The Hall–Kier alpha value is -1.06. The van der Waals surface area contributed by atoms with Gasteiger partial charge in [0.05, 0.1) is 18.3 Å². The maximum absolute atomic E-state index is 10.4. The van der Waals surface area contributed by atoms with Gasteiger partial charge in [0.1, 0.15) is 5.75 Å². The fourth-order valence-corrected chi connectivity index (χ4v) is 1.64. The molecule has 0 aliphatic carbocycles. The molecule has 3 heteroatoms. The van der Waals surface area contributed by atoms with Crippen LogP contribution in [0.3, 0.4) is 0 Å². The molecule has 0 aromatic heterocycles. The summed E-state index contributed by atoms with van der Waals surface area (Å²) >= 11 is 0. The molecule has 1 rings (SSSR count). The van der Waals surface area contributed by atoms with Crippen LogP contribution in [-0.4, -0.2) is 22.9 Å². The van der Waals surface area contributed by atoms with E-state index in [0.29, 0.717) is 12.8 Å². The highest BCUT2D eigenvalue weighted by Crippen LogP contribution is 2.29. The first-order valence-electron chi connectivity index (χ1n) is 5.84. The molecule has 0 bridgehead atoms. The van der Waals surface area contributed by atoms with Gasteiger partial charge in [-0.3, -0.25) is 0 Å². The highest BCUT2D eigenvalue weighted by molar-refractivity contribution is 5.30. The first kappa shape index (κ1) is 14.0. The van der Waals surface area contributed by atoms with Crippen molar-refractivity contribution < 1.29 is 14.9 Å². The van der Waals surface area contributed by atoms with Gasteiger partial charge in [0.25, 0.3) is 0 Å². The summed E-state index contributed by atoms with van der Waals surface area (Å²) in [5.74, 6) is 0.770. The van der Waals surface area contributed by atoms with Gasteiger partial charge in [0.2, 0.25) is 0 Å². The molecule has 1 aromatic carbocycles. The number of benzene rings is 1. The van der Waals surface area contributed by atoms with E-state index in [2.05, 4.69) is 0 Å². The standard InChI is InChI=1S/C14H22O3/c1-13(2,15)9-10-14(3,16)11-5-7-12(17-4)8-6-11/h5-8,15-16H,9-10H2,1-4H3. The first-order valence-corrected chi connectivity index (χ1v) is 5.84. The van der Waals surface area contributed by atoms with Crippen LogP contribution in [0.5, 0.6) is 5.75 Å². The maximum Gasteiger partial charge on any atom is 0.118 e. The molecule has 0 heterocycles. The Kier molecular flexibility index (Phi) is 4.17. The molecule has 0 spiro atoms. The third kappa shape index (κ3) is 4.36. The van der Waals surface area contributed by atoms with Gasteiger partial charge in [-0.1, -0.05) is 12.1 Å². The molecule has 2 N–H and O–H groups in total. The molecule has 0 aliphatic heterocycles. The van der Waals surface area contributed by atoms with Crippen LogP contribution in [0.25, 0.3) is 0 Å². The lowest BCUT2D eigenvalue weighted by Gasteiger charge is -2.27. The maximum atomic E-state index is 10.4. The van der Waals surface area contributed by atoms with Crippen LogP contribution in [0.4, 0.5) is 0 Å². The monoisotopic (exact) mass is 238 g/mol. The SMILES string of the molecule is COc1ccc(C(C)(O)CCC(C)(C)O)cc1. The van der Waals surface area contributed by atoms with Gasteiger partial charge in [-0.2, -0.15) is 0 Å². The predicted molar refractivity (Wildman–Crippen MR) is 68.1 cm³/mol. The molecule has 0 saturated heterocycles. The fourth-order valence-electron chi connectivity index (χ4n) is 1.64. The predicted octanol–water partition coefficient (Wildman–Crippen LogP) is 2.45. The van der Waals surface area contributed by atoms with Gasteiger partial charge in [0.15, 0.2) is 0 Å². The molecule has 1 atom stereocenters. The van der Waals surface area contributed by atoms with Crippen LogP contribution < -0.4 is 4.74 Å². The molecule has 0 fully saturated rings. The van der Waals surface area contributed by atoms with E-state index in [9.17, 15) is 10.2 Å². The Balaban J connectivity index is 2.74. The molecule has 1 unspecified atom stereocenters. The van der Waals surface area contributed by atoms with Crippen LogP contribution in [0.15, 0.2) is 24.3 Å². The van der Waals surface area contributed by atoms with E-state index < -0.39 is 11.2 Å². The molecule has 0 aliphatic rings.